The van der Waals surface area contributed by atoms with E-state index in [0.717, 1.165) is 0 Å². The van der Waals surface area contributed by atoms with Crippen molar-refractivity contribution in [1.29, 1.82) is 0 Å². The zero-order valence-corrected chi connectivity index (χ0v) is 12.0. The first kappa shape index (κ1) is 16.9. The van der Waals surface area contributed by atoms with E-state index < -0.39 is 11.0 Å². The van der Waals surface area contributed by atoms with Gasteiger partial charge in [-0.3, -0.25) is 14.9 Å². The molecule has 0 spiro atoms. The van der Waals surface area contributed by atoms with Crippen LogP contribution in [0, 0.1) is 10.1 Å². The van der Waals surface area contributed by atoms with Gasteiger partial charge in [0.15, 0.2) is 0 Å². The van der Waals surface area contributed by atoms with Gasteiger partial charge < -0.3 is 20.5 Å². The lowest BCUT2D eigenvalue weighted by atomic mass is 10.1. The van der Waals surface area contributed by atoms with Crippen LogP contribution in [0.5, 0.6) is 0 Å². The Kier molecular flexibility index (Phi) is 6.57. The Labute approximate surface area is 122 Å². The van der Waals surface area contributed by atoms with E-state index in [1.807, 2.05) is 0 Å². The van der Waals surface area contributed by atoms with Gasteiger partial charge in [0.25, 0.3) is 11.6 Å². The van der Waals surface area contributed by atoms with Gasteiger partial charge in [-0.05, 0) is 19.1 Å². The molecule has 8 heteroatoms. The van der Waals surface area contributed by atoms with Gasteiger partial charge in [0.2, 0.25) is 0 Å². The highest BCUT2D eigenvalue weighted by atomic mass is 16.6. The highest BCUT2D eigenvalue weighted by molar-refractivity contribution is 5.95. The van der Waals surface area contributed by atoms with Crippen LogP contribution in [0.1, 0.15) is 17.3 Å². The molecule has 1 amide bonds. The molecule has 0 aliphatic rings. The predicted molar refractivity (Wildman–Crippen MR) is 77.5 cm³/mol. The molecule has 0 heterocycles. The van der Waals surface area contributed by atoms with Crippen molar-refractivity contribution >= 4 is 17.3 Å². The number of carbonyl (C=O) groups excluding carboxylic acids is 1. The molecule has 0 fully saturated rings. The van der Waals surface area contributed by atoms with Crippen LogP contribution in [0.3, 0.4) is 0 Å². The number of nitrogens with zero attached hydrogens (tertiary/aromatic N) is 1. The molecular weight excluding hydrogens is 278 g/mol. The summed E-state index contributed by atoms with van der Waals surface area (Å²) in [6, 6.07) is 3.67. The lowest BCUT2D eigenvalue weighted by molar-refractivity contribution is -0.384. The second-order valence-corrected chi connectivity index (χ2v) is 4.33. The van der Waals surface area contributed by atoms with Gasteiger partial charge in [0.05, 0.1) is 24.2 Å². The van der Waals surface area contributed by atoms with Crippen LogP contribution in [-0.4, -0.2) is 48.8 Å². The summed E-state index contributed by atoms with van der Waals surface area (Å²) in [6.45, 7) is 2.17. The molecule has 1 atom stereocenters. The van der Waals surface area contributed by atoms with E-state index in [9.17, 15) is 20.0 Å². The van der Waals surface area contributed by atoms with Gasteiger partial charge in [0, 0.05) is 25.3 Å². The molecule has 1 rings (SSSR count). The molecule has 21 heavy (non-hydrogen) atoms. The zero-order chi connectivity index (χ0) is 15.8. The van der Waals surface area contributed by atoms with Crippen molar-refractivity contribution in [2.45, 2.75) is 13.0 Å². The summed E-state index contributed by atoms with van der Waals surface area (Å²) in [4.78, 5) is 22.2. The summed E-state index contributed by atoms with van der Waals surface area (Å²) in [5.74, 6) is -0.372. The Balaban J connectivity index is 3.04. The predicted octanol–water partition coefficient (Wildman–Crippen LogP) is 0.764. The Morgan fingerprint density at radius 1 is 1.52 bits per heavy atom. The summed E-state index contributed by atoms with van der Waals surface area (Å²) in [7, 11) is 1.47. The summed E-state index contributed by atoms with van der Waals surface area (Å²) in [5.41, 5.74) is 0.207. The van der Waals surface area contributed by atoms with Crippen LogP contribution in [0.4, 0.5) is 11.4 Å². The molecule has 8 nitrogen and oxygen atoms in total. The van der Waals surface area contributed by atoms with Gasteiger partial charge in [0.1, 0.15) is 5.69 Å². The van der Waals surface area contributed by atoms with E-state index >= 15 is 0 Å². The molecule has 0 saturated heterocycles. The van der Waals surface area contributed by atoms with Gasteiger partial charge in [-0.1, -0.05) is 0 Å². The second kappa shape index (κ2) is 8.18. The Morgan fingerprint density at radius 3 is 2.76 bits per heavy atom. The quantitative estimate of drug-likeness (QED) is 0.482. The van der Waals surface area contributed by atoms with E-state index in [4.69, 9.17) is 4.74 Å². The van der Waals surface area contributed by atoms with Crippen molar-refractivity contribution in [3.8, 4) is 0 Å². The topological polar surface area (TPSA) is 114 Å². The molecule has 1 unspecified atom stereocenters. The van der Waals surface area contributed by atoms with Crippen LogP contribution in [0.25, 0.3) is 0 Å². The number of ether oxygens (including phenoxy) is 1. The number of amides is 1. The first-order valence-corrected chi connectivity index (χ1v) is 6.46. The van der Waals surface area contributed by atoms with Crippen LogP contribution in [0.2, 0.25) is 0 Å². The molecule has 0 radical (unpaired) electrons. The maximum Gasteiger partial charge on any atom is 0.293 e. The summed E-state index contributed by atoms with van der Waals surface area (Å²) >= 11 is 0. The fourth-order valence-electron chi connectivity index (χ4n) is 1.77. The van der Waals surface area contributed by atoms with Crippen molar-refractivity contribution in [3.05, 3.63) is 33.9 Å². The second-order valence-electron chi connectivity index (χ2n) is 4.33. The van der Waals surface area contributed by atoms with E-state index in [1.54, 1.807) is 6.92 Å². The van der Waals surface area contributed by atoms with Crippen LogP contribution < -0.4 is 10.6 Å². The minimum Gasteiger partial charge on any atom is -0.394 e. The van der Waals surface area contributed by atoms with E-state index in [2.05, 4.69) is 10.6 Å². The number of aliphatic hydroxyl groups excluding tert-OH is 1. The maximum atomic E-state index is 11.7. The fourth-order valence-corrected chi connectivity index (χ4v) is 1.77. The van der Waals surface area contributed by atoms with Crippen molar-refractivity contribution < 1.29 is 19.6 Å². The third-order valence-electron chi connectivity index (χ3n) is 2.74. The Morgan fingerprint density at radius 2 is 2.24 bits per heavy atom. The Hall–Kier alpha value is -2.19. The number of carbonyl (C=O) groups is 1. The number of aliphatic hydroxyl groups is 1. The lowest BCUT2D eigenvalue weighted by Gasteiger charge is -2.16. The van der Waals surface area contributed by atoms with Gasteiger partial charge >= 0.3 is 0 Å². The molecule has 1 aromatic carbocycles. The van der Waals surface area contributed by atoms with Crippen LogP contribution in [-0.2, 0) is 4.74 Å². The number of hydrogen-bond acceptors (Lipinski definition) is 6. The number of rotatable bonds is 8. The Bertz CT molecular complexity index is 507. The third-order valence-corrected chi connectivity index (χ3v) is 2.74. The minimum atomic E-state index is -0.577. The average molecular weight is 297 g/mol. The van der Waals surface area contributed by atoms with Crippen LogP contribution >= 0.6 is 0 Å². The molecule has 0 bridgehead atoms. The monoisotopic (exact) mass is 297 g/mol. The summed E-state index contributed by atoms with van der Waals surface area (Å²) in [5, 5.41) is 25.7. The number of methoxy groups -OCH3 is 1. The molecule has 1 aromatic rings. The normalized spacial score (nSPS) is 11.8. The van der Waals surface area contributed by atoms with Gasteiger partial charge in [-0.25, -0.2) is 0 Å². The van der Waals surface area contributed by atoms with Crippen molar-refractivity contribution in [2.24, 2.45) is 0 Å². The lowest BCUT2D eigenvalue weighted by Crippen LogP contribution is -2.29. The number of benzene rings is 1. The first-order valence-electron chi connectivity index (χ1n) is 6.46. The average Bonchev–Trinajstić information content (AvgIpc) is 2.47. The number of nitrogens with one attached hydrogen (secondary N) is 2. The van der Waals surface area contributed by atoms with E-state index in [0.29, 0.717) is 6.54 Å². The fraction of sp³-hybridized carbons (Fsp3) is 0.462. The largest absolute Gasteiger partial charge is 0.394 e. The molecule has 0 aliphatic heterocycles. The van der Waals surface area contributed by atoms with Crippen molar-refractivity contribution in [2.75, 3.05) is 32.2 Å². The number of anilines is 1. The highest BCUT2D eigenvalue weighted by Crippen LogP contribution is 2.26. The van der Waals surface area contributed by atoms with Gasteiger partial charge in [-0.2, -0.15) is 0 Å². The van der Waals surface area contributed by atoms with Gasteiger partial charge in [-0.15, -0.1) is 0 Å². The van der Waals surface area contributed by atoms with Crippen molar-refractivity contribution in [1.82, 2.24) is 5.32 Å². The molecule has 0 aliphatic carbocycles. The number of hydrogen-bond donors (Lipinski definition) is 3. The van der Waals surface area contributed by atoms with E-state index in [-0.39, 0.29) is 36.1 Å². The number of nitro groups is 1. The summed E-state index contributed by atoms with van der Waals surface area (Å²) in [6.07, 6.45) is 0. The highest BCUT2D eigenvalue weighted by Gasteiger charge is 2.19. The molecule has 3 N–H and O–H groups in total. The maximum absolute atomic E-state index is 11.7. The molecule has 116 valence electrons. The zero-order valence-electron chi connectivity index (χ0n) is 12.0. The summed E-state index contributed by atoms with van der Waals surface area (Å²) < 4.78 is 4.90. The minimum absolute atomic E-state index is 0.200. The molecule has 0 saturated carbocycles. The van der Waals surface area contributed by atoms with Crippen LogP contribution in [0.15, 0.2) is 18.2 Å². The van der Waals surface area contributed by atoms with Crippen molar-refractivity contribution in [3.63, 3.8) is 0 Å². The molecular formula is C13H19N3O5. The molecule has 0 aromatic heterocycles. The first-order chi connectivity index (χ1) is 10.0. The smallest absolute Gasteiger partial charge is 0.293 e. The SMILES string of the molecule is CCNC(=O)c1ccc(NC(CO)COC)c([N+](=O)[O-])c1. The number of nitro benzene ring substituents is 1. The third kappa shape index (κ3) is 4.69. The van der Waals surface area contributed by atoms with E-state index in [1.165, 1.54) is 25.3 Å². The standard InChI is InChI=1S/C13H19N3O5/c1-3-14-13(18)9-4-5-11(12(6-9)16(19)20)15-10(7-17)8-21-2/h4-6,10,15,17H,3,7-8H2,1-2H3,(H,14,18).